The Morgan fingerprint density at radius 3 is 2.26 bits per heavy atom. The van der Waals surface area contributed by atoms with Gasteiger partial charge in [0.05, 0.1) is 0 Å². The number of thiophene rings is 1. The summed E-state index contributed by atoms with van der Waals surface area (Å²) in [6, 6.07) is 5.86. The summed E-state index contributed by atoms with van der Waals surface area (Å²) in [7, 11) is 0. The average Bonchev–Trinajstić information content (AvgIpc) is 3.17. The molecule has 1 unspecified atom stereocenters. The van der Waals surface area contributed by atoms with Crippen LogP contribution in [-0.4, -0.2) is 6.04 Å². The zero-order valence-corrected chi connectivity index (χ0v) is 12.9. The summed E-state index contributed by atoms with van der Waals surface area (Å²) < 4.78 is 0. The summed E-state index contributed by atoms with van der Waals surface area (Å²) in [5, 5.41) is 6.25. The van der Waals surface area contributed by atoms with Crippen LogP contribution in [0.15, 0.2) is 17.5 Å². The summed E-state index contributed by atoms with van der Waals surface area (Å²) in [5.74, 6) is 1.80. The third-order valence-corrected chi connectivity index (χ3v) is 6.23. The monoisotopic (exact) mass is 277 g/mol. The maximum Gasteiger partial charge on any atom is 0.0445 e. The summed E-state index contributed by atoms with van der Waals surface area (Å²) in [6.07, 6.45) is 11.5. The highest BCUT2D eigenvalue weighted by atomic mass is 32.1. The zero-order valence-electron chi connectivity index (χ0n) is 12.1. The lowest BCUT2D eigenvalue weighted by molar-refractivity contribution is 0.287. The Morgan fingerprint density at radius 2 is 1.68 bits per heavy atom. The highest BCUT2D eigenvalue weighted by Crippen LogP contribution is 2.39. The van der Waals surface area contributed by atoms with Crippen molar-refractivity contribution in [1.29, 1.82) is 0 Å². The first kappa shape index (κ1) is 13.6. The predicted molar refractivity (Wildman–Crippen MR) is 83.6 cm³/mol. The molecule has 2 saturated carbocycles. The molecule has 2 fully saturated rings. The second-order valence-electron chi connectivity index (χ2n) is 6.54. The van der Waals surface area contributed by atoms with Gasteiger partial charge < -0.3 is 5.32 Å². The number of hydrogen-bond donors (Lipinski definition) is 1. The Kier molecular flexibility index (Phi) is 4.60. The van der Waals surface area contributed by atoms with Crippen LogP contribution in [0.1, 0.15) is 69.2 Å². The van der Waals surface area contributed by atoms with E-state index in [-0.39, 0.29) is 0 Å². The lowest BCUT2D eigenvalue weighted by Crippen LogP contribution is -2.38. The molecule has 2 heteroatoms. The maximum atomic E-state index is 4.01. The molecule has 2 aliphatic rings. The summed E-state index contributed by atoms with van der Waals surface area (Å²) in [5.41, 5.74) is 0. The Labute approximate surface area is 121 Å². The van der Waals surface area contributed by atoms with E-state index in [1.165, 1.54) is 51.4 Å². The van der Waals surface area contributed by atoms with Gasteiger partial charge in [-0.2, -0.15) is 0 Å². The molecule has 19 heavy (non-hydrogen) atoms. The first-order valence-corrected chi connectivity index (χ1v) is 9.02. The minimum Gasteiger partial charge on any atom is -0.306 e. The van der Waals surface area contributed by atoms with Crippen LogP contribution in [-0.2, 0) is 0 Å². The van der Waals surface area contributed by atoms with E-state index in [2.05, 4.69) is 29.8 Å². The molecule has 0 aromatic carbocycles. The standard InChI is InChI=1S/C17H27NS/c1-13(14-7-2-3-8-14)18-17(15-9-4-5-10-15)16-11-6-12-19-16/h6,11-15,17-18H,2-5,7-10H2,1H3/t13-,17?/m0/s1. The van der Waals surface area contributed by atoms with Gasteiger partial charge in [0.25, 0.3) is 0 Å². The molecule has 0 aliphatic heterocycles. The molecular formula is C17H27NS. The Morgan fingerprint density at radius 1 is 1.05 bits per heavy atom. The number of rotatable bonds is 5. The van der Waals surface area contributed by atoms with Gasteiger partial charge in [0, 0.05) is 17.0 Å². The number of nitrogens with one attached hydrogen (secondary N) is 1. The van der Waals surface area contributed by atoms with Crippen molar-refractivity contribution < 1.29 is 0 Å². The van der Waals surface area contributed by atoms with E-state index in [4.69, 9.17) is 0 Å². The highest BCUT2D eigenvalue weighted by Gasteiger charge is 2.30. The van der Waals surface area contributed by atoms with Crippen LogP contribution in [0.3, 0.4) is 0 Å². The fraction of sp³-hybridized carbons (Fsp3) is 0.765. The van der Waals surface area contributed by atoms with Crippen molar-refractivity contribution in [3.8, 4) is 0 Å². The van der Waals surface area contributed by atoms with Crippen molar-refractivity contribution in [3.05, 3.63) is 22.4 Å². The van der Waals surface area contributed by atoms with Gasteiger partial charge in [-0.3, -0.25) is 0 Å². The highest BCUT2D eigenvalue weighted by molar-refractivity contribution is 7.10. The van der Waals surface area contributed by atoms with E-state index in [1.54, 1.807) is 4.88 Å². The fourth-order valence-corrected chi connectivity index (χ4v) is 4.96. The van der Waals surface area contributed by atoms with Crippen LogP contribution >= 0.6 is 11.3 Å². The van der Waals surface area contributed by atoms with E-state index in [0.29, 0.717) is 12.1 Å². The minimum absolute atomic E-state index is 0.623. The van der Waals surface area contributed by atoms with E-state index in [1.807, 2.05) is 11.3 Å². The number of hydrogen-bond acceptors (Lipinski definition) is 2. The SMILES string of the molecule is C[C@H](NC(c1cccs1)C1CCCC1)C1CCCC1. The molecule has 1 N–H and O–H groups in total. The van der Waals surface area contributed by atoms with Gasteiger partial charge >= 0.3 is 0 Å². The van der Waals surface area contributed by atoms with Crippen molar-refractivity contribution in [1.82, 2.24) is 5.32 Å². The van der Waals surface area contributed by atoms with Crippen LogP contribution in [0, 0.1) is 11.8 Å². The van der Waals surface area contributed by atoms with Crippen LogP contribution in [0.2, 0.25) is 0 Å². The summed E-state index contributed by atoms with van der Waals surface area (Å²) in [6.45, 7) is 2.42. The molecule has 3 rings (SSSR count). The largest absolute Gasteiger partial charge is 0.306 e. The lowest BCUT2D eigenvalue weighted by Gasteiger charge is -2.30. The molecule has 0 amide bonds. The Balaban J connectivity index is 1.68. The van der Waals surface area contributed by atoms with Gasteiger partial charge in [-0.05, 0) is 55.9 Å². The lowest BCUT2D eigenvalue weighted by atomic mass is 9.93. The van der Waals surface area contributed by atoms with Crippen LogP contribution < -0.4 is 5.32 Å². The molecule has 106 valence electrons. The summed E-state index contributed by atoms with van der Waals surface area (Å²) in [4.78, 5) is 1.57. The molecule has 0 spiro atoms. The fourth-order valence-electron chi connectivity index (χ4n) is 4.09. The first-order valence-electron chi connectivity index (χ1n) is 8.14. The molecule has 1 aromatic heterocycles. The molecule has 1 heterocycles. The molecule has 2 atom stereocenters. The van der Waals surface area contributed by atoms with Crippen LogP contribution in [0.4, 0.5) is 0 Å². The van der Waals surface area contributed by atoms with Gasteiger partial charge in [0.2, 0.25) is 0 Å². The Bertz CT molecular complexity index is 361. The molecule has 0 saturated heterocycles. The van der Waals surface area contributed by atoms with E-state index < -0.39 is 0 Å². The third-order valence-electron chi connectivity index (χ3n) is 5.27. The van der Waals surface area contributed by atoms with Crippen molar-refractivity contribution in [2.45, 2.75) is 70.4 Å². The zero-order chi connectivity index (χ0) is 13.1. The van der Waals surface area contributed by atoms with E-state index in [9.17, 15) is 0 Å². The molecule has 1 nitrogen and oxygen atoms in total. The normalized spacial score (nSPS) is 24.9. The van der Waals surface area contributed by atoms with Crippen molar-refractivity contribution in [2.75, 3.05) is 0 Å². The third kappa shape index (κ3) is 3.22. The van der Waals surface area contributed by atoms with Crippen LogP contribution in [0.25, 0.3) is 0 Å². The first-order chi connectivity index (χ1) is 9.34. The Hall–Kier alpha value is -0.340. The quantitative estimate of drug-likeness (QED) is 0.785. The van der Waals surface area contributed by atoms with Crippen molar-refractivity contribution >= 4 is 11.3 Å². The van der Waals surface area contributed by atoms with Gasteiger partial charge in [0.1, 0.15) is 0 Å². The second kappa shape index (κ2) is 6.41. The molecule has 0 radical (unpaired) electrons. The van der Waals surface area contributed by atoms with Crippen LogP contribution in [0.5, 0.6) is 0 Å². The van der Waals surface area contributed by atoms with E-state index >= 15 is 0 Å². The topological polar surface area (TPSA) is 12.0 Å². The van der Waals surface area contributed by atoms with Crippen molar-refractivity contribution in [3.63, 3.8) is 0 Å². The average molecular weight is 277 g/mol. The summed E-state index contributed by atoms with van der Waals surface area (Å²) >= 11 is 1.94. The molecular weight excluding hydrogens is 250 g/mol. The van der Waals surface area contributed by atoms with Gasteiger partial charge in [-0.15, -0.1) is 11.3 Å². The maximum absolute atomic E-state index is 4.01. The van der Waals surface area contributed by atoms with E-state index in [0.717, 1.165) is 11.8 Å². The molecule has 2 aliphatic carbocycles. The predicted octanol–water partition coefficient (Wildman–Crippen LogP) is 5.15. The second-order valence-corrected chi connectivity index (χ2v) is 7.52. The molecule has 1 aromatic rings. The minimum atomic E-state index is 0.623. The van der Waals surface area contributed by atoms with Gasteiger partial charge in [0.15, 0.2) is 0 Å². The smallest absolute Gasteiger partial charge is 0.0445 e. The van der Waals surface area contributed by atoms with Crippen molar-refractivity contribution in [2.24, 2.45) is 11.8 Å². The molecule has 0 bridgehead atoms. The van der Waals surface area contributed by atoms with Gasteiger partial charge in [-0.25, -0.2) is 0 Å². The van der Waals surface area contributed by atoms with Gasteiger partial charge in [-0.1, -0.05) is 31.7 Å².